The average Bonchev–Trinajstić information content (AvgIpc) is 2.80. The van der Waals surface area contributed by atoms with Crippen LogP contribution in [0.4, 0.5) is 10.5 Å². The molecular weight excluding hydrogens is 266 g/mol. The van der Waals surface area contributed by atoms with Crippen LogP contribution in [0, 0.1) is 6.92 Å². The van der Waals surface area contributed by atoms with Crippen LogP contribution < -0.4 is 10.6 Å². The molecule has 1 heterocycles. The molecule has 2 N–H and O–H groups in total. The van der Waals surface area contributed by atoms with E-state index in [4.69, 9.17) is 11.6 Å². The maximum Gasteiger partial charge on any atom is 0.324 e. The molecule has 1 atom stereocenters. The molecule has 0 bridgehead atoms. The maximum absolute atomic E-state index is 12.1. The molecule has 0 radical (unpaired) electrons. The summed E-state index contributed by atoms with van der Waals surface area (Å²) in [6, 6.07) is 4.65. The number of nitrogens with zero attached hydrogens (tertiary/aromatic N) is 1. The predicted octanol–water partition coefficient (Wildman–Crippen LogP) is 2.00. The highest BCUT2D eigenvalue weighted by Crippen LogP contribution is 2.23. The number of imide groups is 1. The molecule has 1 fully saturated rings. The number of anilines is 1. The molecule has 6 heteroatoms. The van der Waals surface area contributed by atoms with Crippen LogP contribution in [0.3, 0.4) is 0 Å². The van der Waals surface area contributed by atoms with Crippen LogP contribution >= 0.6 is 11.6 Å². The summed E-state index contributed by atoms with van der Waals surface area (Å²) in [5, 5.41) is 6.34. The summed E-state index contributed by atoms with van der Waals surface area (Å²) in [4.78, 5) is 24.8. The van der Waals surface area contributed by atoms with Crippen molar-refractivity contribution in [1.82, 2.24) is 10.2 Å². The van der Waals surface area contributed by atoms with Gasteiger partial charge >= 0.3 is 6.03 Å². The standard InChI is InChI=1S/C13H16ClN3O2/c1-8-10(14)4-3-5-11(8)16-9(2)12(18)17-7-6-15-13(17)19/h3-5,9,16H,6-7H2,1-2H3,(H,15,19)/t9-/m0/s1. The molecule has 0 unspecified atom stereocenters. The SMILES string of the molecule is Cc1c(Cl)cccc1N[C@@H](C)C(=O)N1CCNC1=O. The van der Waals surface area contributed by atoms with Gasteiger partial charge in [-0.1, -0.05) is 17.7 Å². The van der Waals surface area contributed by atoms with Crippen molar-refractivity contribution < 1.29 is 9.59 Å². The van der Waals surface area contributed by atoms with E-state index in [0.717, 1.165) is 11.3 Å². The number of hydrogen-bond donors (Lipinski definition) is 2. The smallest absolute Gasteiger partial charge is 0.324 e. The normalized spacial score (nSPS) is 16.2. The maximum atomic E-state index is 12.1. The van der Waals surface area contributed by atoms with Crippen LogP contribution in [0.1, 0.15) is 12.5 Å². The fourth-order valence-corrected chi connectivity index (χ4v) is 2.15. The molecule has 0 aromatic heterocycles. The van der Waals surface area contributed by atoms with Gasteiger partial charge in [-0.3, -0.25) is 9.69 Å². The molecule has 1 saturated heterocycles. The molecule has 1 aromatic rings. The molecule has 3 amide bonds. The molecule has 2 rings (SSSR count). The van der Waals surface area contributed by atoms with E-state index in [9.17, 15) is 9.59 Å². The summed E-state index contributed by atoms with van der Waals surface area (Å²) in [5.74, 6) is -0.241. The van der Waals surface area contributed by atoms with Crippen LogP contribution in [0.2, 0.25) is 5.02 Å². The van der Waals surface area contributed by atoms with E-state index in [1.54, 1.807) is 13.0 Å². The van der Waals surface area contributed by atoms with E-state index in [0.29, 0.717) is 18.1 Å². The highest BCUT2D eigenvalue weighted by Gasteiger charge is 2.29. The lowest BCUT2D eigenvalue weighted by molar-refractivity contribution is -0.128. The molecule has 1 aliphatic heterocycles. The van der Waals surface area contributed by atoms with Gasteiger partial charge < -0.3 is 10.6 Å². The zero-order chi connectivity index (χ0) is 14.0. The number of carbonyl (C=O) groups excluding carboxylic acids is 2. The number of hydrogen-bond acceptors (Lipinski definition) is 3. The van der Waals surface area contributed by atoms with Gasteiger partial charge in [0.15, 0.2) is 0 Å². The van der Waals surface area contributed by atoms with Crippen LogP contribution in [-0.2, 0) is 4.79 Å². The Balaban J connectivity index is 2.08. The summed E-state index contributed by atoms with van der Waals surface area (Å²) in [6.45, 7) is 4.53. The second kappa shape index (κ2) is 5.48. The minimum Gasteiger partial charge on any atom is -0.374 e. The topological polar surface area (TPSA) is 61.4 Å². The zero-order valence-electron chi connectivity index (χ0n) is 10.9. The first-order valence-electron chi connectivity index (χ1n) is 6.11. The van der Waals surface area contributed by atoms with Crippen molar-refractivity contribution in [1.29, 1.82) is 0 Å². The Morgan fingerprint density at radius 3 is 2.89 bits per heavy atom. The number of urea groups is 1. The summed E-state index contributed by atoms with van der Waals surface area (Å²) in [5.41, 5.74) is 1.68. The number of nitrogens with one attached hydrogen (secondary N) is 2. The quantitative estimate of drug-likeness (QED) is 0.891. The van der Waals surface area contributed by atoms with Gasteiger partial charge in [0, 0.05) is 23.8 Å². The number of carbonyl (C=O) groups is 2. The Labute approximate surface area is 116 Å². The number of amides is 3. The Kier molecular flexibility index (Phi) is 3.95. The van der Waals surface area contributed by atoms with Gasteiger partial charge in [-0.15, -0.1) is 0 Å². The first kappa shape index (κ1) is 13.7. The molecule has 5 nitrogen and oxygen atoms in total. The third-order valence-corrected chi connectivity index (χ3v) is 3.54. The first-order valence-corrected chi connectivity index (χ1v) is 6.49. The number of benzene rings is 1. The number of halogens is 1. The predicted molar refractivity (Wildman–Crippen MR) is 74.4 cm³/mol. The molecule has 0 saturated carbocycles. The third kappa shape index (κ3) is 2.81. The van der Waals surface area contributed by atoms with Gasteiger partial charge in [0.1, 0.15) is 6.04 Å². The minimum atomic E-state index is -0.485. The van der Waals surface area contributed by atoms with Gasteiger partial charge in [-0.25, -0.2) is 4.79 Å². The third-order valence-electron chi connectivity index (χ3n) is 3.13. The van der Waals surface area contributed by atoms with Crippen molar-refractivity contribution >= 4 is 29.2 Å². The second-order valence-corrected chi connectivity index (χ2v) is 4.91. The van der Waals surface area contributed by atoms with E-state index in [1.165, 1.54) is 4.90 Å². The van der Waals surface area contributed by atoms with E-state index in [-0.39, 0.29) is 11.9 Å². The van der Waals surface area contributed by atoms with Crippen molar-refractivity contribution in [3.05, 3.63) is 28.8 Å². The zero-order valence-corrected chi connectivity index (χ0v) is 11.6. The molecule has 1 aliphatic rings. The monoisotopic (exact) mass is 281 g/mol. The van der Waals surface area contributed by atoms with Crippen molar-refractivity contribution in [3.8, 4) is 0 Å². The Hall–Kier alpha value is -1.75. The van der Waals surface area contributed by atoms with E-state index in [2.05, 4.69) is 10.6 Å². The van der Waals surface area contributed by atoms with Crippen molar-refractivity contribution in [2.24, 2.45) is 0 Å². The lowest BCUT2D eigenvalue weighted by Gasteiger charge is -2.21. The lowest BCUT2D eigenvalue weighted by atomic mass is 10.1. The average molecular weight is 282 g/mol. The fraction of sp³-hybridized carbons (Fsp3) is 0.385. The van der Waals surface area contributed by atoms with Gasteiger partial charge in [0.25, 0.3) is 5.91 Å². The van der Waals surface area contributed by atoms with Crippen molar-refractivity contribution in [2.45, 2.75) is 19.9 Å². The highest BCUT2D eigenvalue weighted by atomic mass is 35.5. The minimum absolute atomic E-state index is 0.241. The summed E-state index contributed by atoms with van der Waals surface area (Å²) in [7, 11) is 0. The number of rotatable bonds is 3. The molecule has 1 aromatic carbocycles. The van der Waals surface area contributed by atoms with E-state index < -0.39 is 6.04 Å². The summed E-state index contributed by atoms with van der Waals surface area (Å²) >= 11 is 6.03. The van der Waals surface area contributed by atoms with Crippen LogP contribution in [0.15, 0.2) is 18.2 Å². The van der Waals surface area contributed by atoms with Gasteiger partial charge in [0.05, 0.1) is 0 Å². The molecule has 0 aliphatic carbocycles. The Morgan fingerprint density at radius 2 is 2.26 bits per heavy atom. The van der Waals surface area contributed by atoms with Crippen LogP contribution in [0.5, 0.6) is 0 Å². The second-order valence-electron chi connectivity index (χ2n) is 4.50. The van der Waals surface area contributed by atoms with Crippen molar-refractivity contribution in [2.75, 3.05) is 18.4 Å². The Bertz CT molecular complexity index is 519. The van der Waals surface area contributed by atoms with Gasteiger partial charge in [0.2, 0.25) is 0 Å². The molecule has 19 heavy (non-hydrogen) atoms. The largest absolute Gasteiger partial charge is 0.374 e. The molecule has 0 spiro atoms. The molecule has 102 valence electrons. The lowest BCUT2D eigenvalue weighted by Crippen LogP contribution is -2.43. The fourth-order valence-electron chi connectivity index (χ4n) is 1.97. The van der Waals surface area contributed by atoms with E-state index >= 15 is 0 Å². The van der Waals surface area contributed by atoms with Gasteiger partial charge in [-0.05, 0) is 31.5 Å². The van der Waals surface area contributed by atoms with Gasteiger partial charge in [-0.2, -0.15) is 0 Å². The van der Waals surface area contributed by atoms with E-state index in [1.807, 2.05) is 19.1 Å². The Morgan fingerprint density at radius 1 is 1.53 bits per heavy atom. The van der Waals surface area contributed by atoms with Crippen LogP contribution in [0.25, 0.3) is 0 Å². The van der Waals surface area contributed by atoms with Crippen molar-refractivity contribution in [3.63, 3.8) is 0 Å². The highest BCUT2D eigenvalue weighted by molar-refractivity contribution is 6.31. The molecular formula is C13H16ClN3O2. The first-order chi connectivity index (χ1) is 9.00. The summed E-state index contributed by atoms with van der Waals surface area (Å²) < 4.78 is 0. The van der Waals surface area contributed by atoms with Crippen LogP contribution in [-0.4, -0.2) is 36.0 Å². The summed E-state index contributed by atoms with van der Waals surface area (Å²) in [6.07, 6.45) is 0.